The van der Waals surface area contributed by atoms with Crippen molar-refractivity contribution in [1.29, 1.82) is 0 Å². The van der Waals surface area contributed by atoms with Gasteiger partial charge < -0.3 is 9.80 Å². The van der Waals surface area contributed by atoms with Gasteiger partial charge in [0.15, 0.2) is 9.84 Å². The van der Waals surface area contributed by atoms with Crippen molar-refractivity contribution in [2.75, 3.05) is 36.0 Å². The number of sulfone groups is 1. The second-order valence-electron chi connectivity index (χ2n) is 9.28. The number of aromatic amines is 1. The molecule has 0 radical (unpaired) electrons. The zero-order valence-electron chi connectivity index (χ0n) is 20.3. The molecule has 0 amide bonds. The van der Waals surface area contributed by atoms with Gasteiger partial charge in [0.25, 0.3) is 0 Å². The molecule has 0 atom stereocenters. The van der Waals surface area contributed by atoms with E-state index in [1.54, 1.807) is 56.4 Å². The molecule has 1 N–H and O–H groups in total. The summed E-state index contributed by atoms with van der Waals surface area (Å²) in [7, 11) is -3.37. The predicted molar refractivity (Wildman–Crippen MR) is 138 cm³/mol. The number of benzene rings is 2. The van der Waals surface area contributed by atoms with E-state index in [4.69, 9.17) is 0 Å². The van der Waals surface area contributed by atoms with E-state index in [0.717, 1.165) is 16.8 Å². The number of H-pyrrole nitrogens is 1. The van der Waals surface area contributed by atoms with Crippen LogP contribution in [-0.4, -0.2) is 55.0 Å². The largest absolute Gasteiger partial charge is 0.433 e. The van der Waals surface area contributed by atoms with E-state index in [1.807, 2.05) is 12.1 Å². The van der Waals surface area contributed by atoms with E-state index in [-0.39, 0.29) is 5.56 Å². The van der Waals surface area contributed by atoms with Gasteiger partial charge in [-0.3, -0.25) is 10.1 Å². The molecule has 2 aromatic heterocycles. The first-order chi connectivity index (χ1) is 17.6. The number of pyridine rings is 1. The SMILES string of the molecule is CC(C)S(=O)(=O)c1cccc(N2CCN(c3ccnc4ccc(-c5cn[nH]c5C(F)(F)F)cc34)CC2)c1. The number of hydrogen-bond donors (Lipinski definition) is 1. The van der Waals surface area contributed by atoms with E-state index >= 15 is 0 Å². The molecule has 11 heteroatoms. The Hall–Kier alpha value is -3.60. The monoisotopic (exact) mass is 529 g/mol. The lowest BCUT2D eigenvalue weighted by atomic mass is 10.0. The highest BCUT2D eigenvalue weighted by Gasteiger charge is 2.36. The number of alkyl halides is 3. The fraction of sp³-hybridized carbons (Fsp3) is 0.308. The number of nitrogens with one attached hydrogen (secondary N) is 1. The minimum absolute atomic E-state index is 0.00902. The summed E-state index contributed by atoms with van der Waals surface area (Å²) in [6.45, 7) is 5.97. The van der Waals surface area contributed by atoms with Crippen LogP contribution in [0.5, 0.6) is 0 Å². The van der Waals surface area contributed by atoms with Crippen LogP contribution in [0.2, 0.25) is 0 Å². The van der Waals surface area contributed by atoms with Crippen LogP contribution in [0.3, 0.4) is 0 Å². The zero-order valence-corrected chi connectivity index (χ0v) is 21.1. The second kappa shape index (κ2) is 9.37. The van der Waals surface area contributed by atoms with Gasteiger partial charge in [-0.1, -0.05) is 12.1 Å². The van der Waals surface area contributed by atoms with Crippen molar-refractivity contribution in [2.45, 2.75) is 30.2 Å². The number of rotatable bonds is 5. The van der Waals surface area contributed by atoms with Gasteiger partial charge in [0.1, 0.15) is 5.69 Å². The summed E-state index contributed by atoms with van der Waals surface area (Å²) in [6, 6.07) is 14.0. The minimum Gasteiger partial charge on any atom is -0.368 e. The predicted octanol–water partition coefficient (Wildman–Crippen LogP) is 5.15. The molecule has 0 bridgehead atoms. The Balaban J connectivity index is 1.41. The van der Waals surface area contributed by atoms with Crippen LogP contribution in [0.4, 0.5) is 24.5 Å². The van der Waals surface area contributed by atoms with E-state index in [2.05, 4.69) is 25.0 Å². The molecule has 2 aromatic carbocycles. The summed E-state index contributed by atoms with van der Waals surface area (Å²) in [4.78, 5) is 9.04. The first kappa shape index (κ1) is 25.1. The van der Waals surface area contributed by atoms with Crippen LogP contribution >= 0.6 is 0 Å². The van der Waals surface area contributed by atoms with Gasteiger partial charge >= 0.3 is 6.18 Å². The molecule has 1 fully saturated rings. The third kappa shape index (κ3) is 4.75. The van der Waals surface area contributed by atoms with E-state index in [0.29, 0.717) is 42.2 Å². The summed E-state index contributed by atoms with van der Waals surface area (Å²) in [5.41, 5.74) is 1.94. The third-order valence-electron chi connectivity index (χ3n) is 6.70. The average Bonchev–Trinajstić information content (AvgIpc) is 3.39. The molecule has 1 aliphatic rings. The first-order valence-electron chi connectivity index (χ1n) is 11.9. The number of nitrogens with zero attached hydrogens (tertiary/aromatic N) is 4. The lowest BCUT2D eigenvalue weighted by Gasteiger charge is -2.38. The molecule has 0 saturated carbocycles. The lowest BCUT2D eigenvalue weighted by Crippen LogP contribution is -2.46. The number of aromatic nitrogens is 3. The van der Waals surface area contributed by atoms with Gasteiger partial charge in [-0.25, -0.2) is 8.42 Å². The van der Waals surface area contributed by atoms with Crippen molar-refractivity contribution in [3.8, 4) is 11.1 Å². The number of piperazine rings is 1. The molecule has 4 aromatic rings. The highest BCUT2D eigenvalue weighted by molar-refractivity contribution is 7.92. The maximum absolute atomic E-state index is 13.4. The lowest BCUT2D eigenvalue weighted by molar-refractivity contribution is -0.140. The van der Waals surface area contributed by atoms with Crippen LogP contribution in [-0.2, 0) is 16.0 Å². The van der Waals surface area contributed by atoms with Crippen molar-refractivity contribution < 1.29 is 21.6 Å². The Morgan fingerprint density at radius 3 is 2.41 bits per heavy atom. The molecule has 1 aliphatic heterocycles. The summed E-state index contributed by atoms with van der Waals surface area (Å²) in [6.07, 6.45) is -1.66. The van der Waals surface area contributed by atoms with Crippen LogP contribution < -0.4 is 9.80 Å². The van der Waals surface area contributed by atoms with Crippen molar-refractivity contribution in [1.82, 2.24) is 15.2 Å². The van der Waals surface area contributed by atoms with Gasteiger partial charge in [0.2, 0.25) is 0 Å². The van der Waals surface area contributed by atoms with Crippen LogP contribution in [0.1, 0.15) is 19.5 Å². The summed E-state index contributed by atoms with van der Waals surface area (Å²) in [5, 5.41) is 5.93. The van der Waals surface area contributed by atoms with E-state index < -0.39 is 27.0 Å². The van der Waals surface area contributed by atoms with Crippen molar-refractivity contribution in [3.05, 3.63) is 66.6 Å². The number of fused-ring (bicyclic) bond motifs is 1. The number of hydrogen-bond acceptors (Lipinski definition) is 6. The molecule has 0 spiro atoms. The first-order valence-corrected chi connectivity index (χ1v) is 13.4. The smallest absolute Gasteiger partial charge is 0.368 e. The fourth-order valence-corrected chi connectivity index (χ4v) is 5.73. The Morgan fingerprint density at radius 1 is 0.973 bits per heavy atom. The highest BCUT2D eigenvalue weighted by atomic mass is 32.2. The van der Waals surface area contributed by atoms with Gasteiger partial charge in [-0.15, -0.1) is 0 Å². The molecule has 37 heavy (non-hydrogen) atoms. The maximum Gasteiger partial charge on any atom is 0.433 e. The minimum atomic E-state index is -4.54. The van der Waals surface area contributed by atoms with Gasteiger partial charge in [-0.05, 0) is 55.8 Å². The van der Waals surface area contributed by atoms with Crippen molar-refractivity contribution >= 4 is 32.1 Å². The zero-order chi connectivity index (χ0) is 26.4. The van der Waals surface area contributed by atoms with Crippen LogP contribution in [0, 0.1) is 0 Å². The molecule has 1 saturated heterocycles. The standard InChI is InChI=1S/C26H26F3N5O2S/c1-17(2)37(35,36)20-5-3-4-19(15-20)33-10-12-34(13-11-33)24-8-9-30-23-7-6-18(14-21(23)24)22-16-31-32-25(22)26(27,28)29/h3-9,14-17H,10-13H2,1-2H3,(H,31,32). The Bertz CT molecular complexity index is 1540. The molecule has 194 valence electrons. The van der Waals surface area contributed by atoms with Gasteiger partial charge in [0.05, 0.1) is 21.9 Å². The molecule has 0 aliphatic carbocycles. The van der Waals surface area contributed by atoms with Crippen molar-refractivity contribution in [3.63, 3.8) is 0 Å². The second-order valence-corrected chi connectivity index (χ2v) is 11.8. The quantitative estimate of drug-likeness (QED) is 0.385. The summed E-state index contributed by atoms with van der Waals surface area (Å²) < 4.78 is 65.5. The number of halogens is 3. The molecule has 7 nitrogen and oxygen atoms in total. The average molecular weight is 530 g/mol. The van der Waals surface area contributed by atoms with Crippen molar-refractivity contribution in [2.24, 2.45) is 0 Å². The number of anilines is 2. The maximum atomic E-state index is 13.4. The van der Waals surface area contributed by atoms with E-state index in [1.165, 1.54) is 6.20 Å². The topological polar surface area (TPSA) is 82.2 Å². The van der Waals surface area contributed by atoms with E-state index in [9.17, 15) is 21.6 Å². The Labute approximate surface area is 212 Å². The summed E-state index contributed by atoms with van der Waals surface area (Å²) in [5.74, 6) is 0. The normalized spacial score (nSPS) is 15.1. The third-order valence-corrected chi connectivity index (χ3v) is 8.86. The van der Waals surface area contributed by atoms with Crippen LogP contribution in [0.25, 0.3) is 22.0 Å². The molecule has 3 heterocycles. The molecular formula is C26H26F3N5O2S. The highest BCUT2D eigenvalue weighted by Crippen LogP contribution is 2.37. The van der Waals surface area contributed by atoms with Crippen LogP contribution in [0.15, 0.2) is 65.8 Å². The van der Waals surface area contributed by atoms with Gasteiger partial charge in [0, 0.05) is 54.7 Å². The Morgan fingerprint density at radius 2 is 1.70 bits per heavy atom. The van der Waals surface area contributed by atoms with Gasteiger partial charge in [-0.2, -0.15) is 18.3 Å². The fourth-order valence-electron chi connectivity index (χ4n) is 4.63. The molecule has 0 unspecified atom stereocenters. The summed E-state index contributed by atoms with van der Waals surface area (Å²) >= 11 is 0. The Kier molecular flexibility index (Phi) is 6.35. The molecule has 5 rings (SSSR count). The molecular weight excluding hydrogens is 503 g/mol.